The first-order valence-electron chi connectivity index (χ1n) is 7.43. The van der Waals surface area contributed by atoms with Crippen molar-refractivity contribution in [2.24, 2.45) is 5.73 Å². The van der Waals surface area contributed by atoms with Gasteiger partial charge in [0.1, 0.15) is 0 Å². The molecule has 0 aromatic heterocycles. The van der Waals surface area contributed by atoms with Gasteiger partial charge in [0.2, 0.25) is 0 Å². The van der Waals surface area contributed by atoms with E-state index in [1.54, 1.807) is 0 Å². The number of rotatable bonds is 2. The fourth-order valence-corrected chi connectivity index (χ4v) is 3.34. The minimum atomic E-state index is 0.113. The summed E-state index contributed by atoms with van der Waals surface area (Å²) in [6.45, 7) is 3.95. The predicted octanol–water partition coefficient (Wildman–Crippen LogP) is 2.06. The molecule has 2 unspecified atom stereocenters. The number of likely N-dealkylation sites (tertiary alicyclic amines) is 1. The van der Waals surface area contributed by atoms with Crippen LogP contribution < -0.4 is 5.73 Å². The molecule has 3 rings (SSSR count). The Morgan fingerprint density at radius 3 is 2.95 bits per heavy atom. The Morgan fingerprint density at radius 2 is 2.15 bits per heavy atom. The Labute approximate surface area is 119 Å². The summed E-state index contributed by atoms with van der Waals surface area (Å²) < 4.78 is 5.41. The molecule has 1 aromatic rings. The summed E-state index contributed by atoms with van der Waals surface area (Å²) in [7, 11) is 0. The number of carbonyl (C=O) groups is 1. The summed E-state index contributed by atoms with van der Waals surface area (Å²) >= 11 is 0. The highest BCUT2D eigenvalue weighted by Crippen LogP contribution is 2.26. The second-order valence-electron chi connectivity index (χ2n) is 5.86. The zero-order valence-electron chi connectivity index (χ0n) is 12.0. The van der Waals surface area contributed by atoms with Crippen molar-refractivity contribution < 1.29 is 9.53 Å². The molecule has 0 bridgehead atoms. The third kappa shape index (κ3) is 2.34. The van der Waals surface area contributed by atoms with Crippen LogP contribution in [0.25, 0.3) is 0 Å². The number of nitrogens with zero attached hydrogens (tertiary/aromatic N) is 1. The van der Waals surface area contributed by atoms with Crippen LogP contribution in [-0.4, -0.2) is 29.4 Å². The number of hydrogen-bond donors (Lipinski definition) is 1. The second-order valence-corrected chi connectivity index (χ2v) is 5.86. The van der Waals surface area contributed by atoms with Crippen LogP contribution in [0.2, 0.25) is 0 Å². The Morgan fingerprint density at radius 1 is 1.35 bits per heavy atom. The van der Waals surface area contributed by atoms with Crippen molar-refractivity contribution in [2.45, 2.75) is 51.5 Å². The molecule has 0 radical (unpaired) electrons. The zero-order chi connectivity index (χ0) is 14.1. The van der Waals surface area contributed by atoms with E-state index in [-0.39, 0.29) is 18.0 Å². The van der Waals surface area contributed by atoms with Crippen LogP contribution in [0, 0.1) is 0 Å². The summed E-state index contributed by atoms with van der Waals surface area (Å²) in [5.74, 6) is 0.113. The molecule has 4 nitrogen and oxygen atoms in total. The normalized spacial score (nSPS) is 25.6. The van der Waals surface area contributed by atoms with Gasteiger partial charge in [0.15, 0.2) is 0 Å². The van der Waals surface area contributed by atoms with Gasteiger partial charge in [-0.1, -0.05) is 6.07 Å². The lowest BCUT2D eigenvalue weighted by molar-refractivity contribution is 0.0494. The van der Waals surface area contributed by atoms with E-state index in [1.165, 1.54) is 5.56 Å². The predicted molar refractivity (Wildman–Crippen MR) is 77.3 cm³/mol. The monoisotopic (exact) mass is 274 g/mol. The van der Waals surface area contributed by atoms with Gasteiger partial charge in [-0.3, -0.25) is 4.79 Å². The van der Waals surface area contributed by atoms with E-state index >= 15 is 0 Å². The van der Waals surface area contributed by atoms with Crippen LogP contribution in [0.4, 0.5) is 0 Å². The SMILES string of the molecule is CC1CCCC(CN)N1C(=O)c1ccc2c(c1)COC2. The molecule has 1 saturated heterocycles. The number of ether oxygens (including phenoxy) is 1. The highest BCUT2D eigenvalue weighted by atomic mass is 16.5. The molecule has 20 heavy (non-hydrogen) atoms. The van der Waals surface area contributed by atoms with Gasteiger partial charge in [-0.15, -0.1) is 0 Å². The number of fused-ring (bicyclic) bond motifs is 1. The van der Waals surface area contributed by atoms with E-state index in [2.05, 4.69) is 6.92 Å². The average Bonchev–Trinajstić information content (AvgIpc) is 2.93. The summed E-state index contributed by atoms with van der Waals surface area (Å²) in [6, 6.07) is 6.37. The highest BCUT2D eigenvalue weighted by Gasteiger charge is 2.31. The van der Waals surface area contributed by atoms with E-state index < -0.39 is 0 Å². The summed E-state index contributed by atoms with van der Waals surface area (Å²) in [6.07, 6.45) is 3.24. The number of hydrogen-bond acceptors (Lipinski definition) is 3. The van der Waals surface area contributed by atoms with Crippen LogP contribution in [0.15, 0.2) is 18.2 Å². The molecule has 4 heteroatoms. The molecular weight excluding hydrogens is 252 g/mol. The summed E-state index contributed by atoms with van der Waals surface area (Å²) in [5, 5.41) is 0. The molecule has 1 amide bonds. The molecule has 0 aliphatic carbocycles. The van der Waals surface area contributed by atoms with Gasteiger partial charge < -0.3 is 15.4 Å². The maximum Gasteiger partial charge on any atom is 0.254 e. The molecular formula is C16H22N2O2. The van der Waals surface area contributed by atoms with Crippen LogP contribution in [0.1, 0.15) is 47.7 Å². The van der Waals surface area contributed by atoms with E-state index in [0.717, 1.165) is 30.4 Å². The zero-order valence-corrected chi connectivity index (χ0v) is 12.0. The number of piperidine rings is 1. The van der Waals surface area contributed by atoms with Gasteiger partial charge in [-0.2, -0.15) is 0 Å². The summed E-state index contributed by atoms with van der Waals surface area (Å²) in [5.41, 5.74) is 8.95. The molecule has 1 fully saturated rings. The topological polar surface area (TPSA) is 55.6 Å². The lowest BCUT2D eigenvalue weighted by Gasteiger charge is -2.40. The minimum absolute atomic E-state index is 0.113. The number of benzene rings is 1. The molecule has 2 aliphatic heterocycles. The van der Waals surface area contributed by atoms with Crippen molar-refractivity contribution in [3.8, 4) is 0 Å². The molecule has 2 atom stereocenters. The van der Waals surface area contributed by atoms with Crippen molar-refractivity contribution in [1.82, 2.24) is 4.90 Å². The number of carbonyl (C=O) groups excluding carboxylic acids is 1. The number of amides is 1. The van der Waals surface area contributed by atoms with Gasteiger partial charge in [0, 0.05) is 24.2 Å². The molecule has 108 valence electrons. The lowest BCUT2D eigenvalue weighted by atomic mass is 9.95. The van der Waals surface area contributed by atoms with Crippen LogP contribution in [-0.2, 0) is 18.0 Å². The Balaban J connectivity index is 1.87. The average molecular weight is 274 g/mol. The van der Waals surface area contributed by atoms with Crippen LogP contribution in [0.3, 0.4) is 0 Å². The Kier molecular flexibility index (Phi) is 3.76. The number of nitrogens with two attached hydrogens (primary N) is 1. The fourth-order valence-electron chi connectivity index (χ4n) is 3.34. The maximum atomic E-state index is 12.8. The fraction of sp³-hybridized carbons (Fsp3) is 0.562. The van der Waals surface area contributed by atoms with Crippen molar-refractivity contribution >= 4 is 5.91 Å². The van der Waals surface area contributed by atoms with Crippen molar-refractivity contribution in [1.29, 1.82) is 0 Å². The third-order valence-corrected chi connectivity index (χ3v) is 4.50. The minimum Gasteiger partial charge on any atom is -0.372 e. The first-order chi connectivity index (χ1) is 9.70. The van der Waals surface area contributed by atoms with E-state index in [1.807, 2.05) is 23.1 Å². The molecule has 1 aromatic carbocycles. The van der Waals surface area contributed by atoms with E-state index in [9.17, 15) is 4.79 Å². The molecule has 0 saturated carbocycles. The smallest absolute Gasteiger partial charge is 0.254 e. The van der Waals surface area contributed by atoms with Crippen LogP contribution in [0.5, 0.6) is 0 Å². The molecule has 2 heterocycles. The quantitative estimate of drug-likeness (QED) is 0.898. The van der Waals surface area contributed by atoms with E-state index in [4.69, 9.17) is 10.5 Å². The van der Waals surface area contributed by atoms with E-state index in [0.29, 0.717) is 19.8 Å². The Hall–Kier alpha value is -1.39. The first-order valence-corrected chi connectivity index (χ1v) is 7.43. The Bertz CT molecular complexity index is 515. The molecule has 2 N–H and O–H groups in total. The van der Waals surface area contributed by atoms with Gasteiger partial charge >= 0.3 is 0 Å². The molecule has 2 aliphatic rings. The largest absolute Gasteiger partial charge is 0.372 e. The van der Waals surface area contributed by atoms with Gasteiger partial charge in [0.05, 0.1) is 13.2 Å². The first kappa shape index (κ1) is 13.6. The van der Waals surface area contributed by atoms with Crippen molar-refractivity contribution in [2.75, 3.05) is 6.54 Å². The van der Waals surface area contributed by atoms with Crippen molar-refractivity contribution in [3.63, 3.8) is 0 Å². The standard InChI is InChI=1S/C16H22N2O2/c1-11-3-2-4-15(8-17)18(11)16(19)12-5-6-13-9-20-10-14(13)7-12/h5-7,11,15H,2-4,8-10,17H2,1H3. The van der Waals surface area contributed by atoms with Gasteiger partial charge in [-0.25, -0.2) is 0 Å². The highest BCUT2D eigenvalue weighted by molar-refractivity contribution is 5.95. The lowest BCUT2D eigenvalue weighted by Crippen LogP contribution is -2.51. The van der Waals surface area contributed by atoms with Crippen molar-refractivity contribution in [3.05, 3.63) is 34.9 Å². The molecule has 0 spiro atoms. The van der Waals surface area contributed by atoms with Crippen LogP contribution >= 0.6 is 0 Å². The van der Waals surface area contributed by atoms with Gasteiger partial charge in [0.25, 0.3) is 5.91 Å². The third-order valence-electron chi connectivity index (χ3n) is 4.50. The maximum absolute atomic E-state index is 12.8. The second kappa shape index (κ2) is 5.54. The summed E-state index contributed by atoms with van der Waals surface area (Å²) in [4.78, 5) is 14.8. The van der Waals surface area contributed by atoms with Gasteiger partial charge in [-0.05, 0) is 49.4 Å².